The van der Waals surface area contributed by atoms with Gasteiger partial charge in [-0.25, -0.2) is 14.4 Å². The Morgan fingerprint density at radius 1 is 1.00 bits per heavy atom. The number of rotatable bonds is 6. The van der Waals surface area contributed by atoms with Gasteiger partial charge in [-0.1, -0.05) is 42.1 Å². The van der Waals surface area contributed by atoms with Crippen LogP contribution in [0.25, 0.3) is 16.6 Å². The quantitative estimate of drug-likeness (QED) is 0.350. The van der Waals surface area contributed by atoms with Crippen LogP contribution in [0.15, 0.2) is 53.7 Å². The topological polar surface area (TPSA) is 67.1 Å². The minimum atomic E-state index is -0.201. The Labute approximate surface area is 184 Å². The summed E-state index contributed by atoms with van der Waals surface area (Å²) in [4.78, 5) is 9.67. The highest BCUT2D eigenvalue weighted by Crippen LogP contribution is 2.28. The van der Waals surface area contributed by atoms with Crippen molar-refractivity contribution < 1.29 is 4.39 Å². The molecule has 31 heavy (non-hydrogen) atoms. The van der Waals surface area contributed by atoms with E-state index in [1.807, 2.05) is 34.8 Å². The zero-order valence-electron chi connectivity index (χ0n) is 17.5. The molecule has 0 spiro atoms. The maximum absolute atomic E-state index is 14.1. The van der Waals surface area contributed by atoms with Gasteiger partial charge in [0.2, 0.25) is 0 Å². The lowest BCUT2D eigenvalue weighted by Gasteiger charge is -2.16. The predicted octanol–water partition coefficient (Wildman–Crippen LogP) is 4.14. The SMILES string of the molecule is CC1NNC(C)C1CCc1nc2c3ccccc3nc(SCc3ccccc3F)n2n1. The second-order valence-corrected chi connectivity index (χ2v) is 9.07. The average molecular weight is 437 g/mol. The van der Waals surface area contributed by atoms with Crippen LogP contribution < -0.4 is 10.9 Å². The number of hydrazine groups is 1. The van der Waals surface area contributed by atoms with Gasteiger partial charge < -0.3 is 0 Å². The van der Waals surface area contributed by atoms with E-state index in [4.69, 9.17) is 15.1 Å². The normalized spacial score (nSPS) is 21.3. The van der Waals surface area contributed by atoms with Gasteiger partial charge in [0.15, 0.2) is 16.6 Å². The molecule has 4 aromatic rings. The third-order valence-electron chi connectivity index (χ3n) is 6.03. The van der Waals surface area contributed by atoms with Gasteiger partial charge in [0, 0.05) is 29.6 Å². The van der Waals surface area contributed by atoms with Gasteiger partial charge in [0.1, 0.15) is 5.82 Å². The largest absolute Gasteiger partial charge is 0.254 e. The number of hydrogen-bond acceptors (Lipinski definition) is 6. The van der Waals surface area contributed by atoms with Crippen LogP contribution in [0.3, 0.4) is 0 Å². The Hall–Kier alpha value is -2.55. The number of nitrogens with zero attached hydrogens (tertiary/aromatic N) is 4. The third kappa shape index (κ3) is 4.03. The second-order valence-electron chi connectivity index (χ2n) is 8.12. The van der Waals surface area contributed by atoms with Crippen LogP contribution in [-0.4, -0.2) is 31.7 Å². The van der Waals surface area contributed by atoms with Crippen molar-refractivity contribution in [3.63, 3.8) is 0 Å². The fourth-order valence-electron chi connectivity index (χ4n) is 4.24. The molecule has 3 heterocycles. The van der Waals surface area contributed by atoms with Crippen LogP contribution in [0.2, 0.25) is 0 Å². The molecule has 160 valence electrons. The molecule has 0 aliphatic carbocycles. The number of hydrogen-bond donors (Lipinski definition) is 2. The molecule has 2 unspecified atom stereocenters. The molecule has 8 heteroatoms. The Kier molecular flexibility index (Phi) is 5.60. The highest BCUT2D eigenvalue weighted by atomic mass is 32.2. The summed E-state index contributed by atoms with van der Waals surface area (Å²) in [6.07, 6.45) is 1.80. The molecule has 0 bridgehead atoms. The van der Waals surface area contributed by atoms with Gasteiger partial charge in [-0.05, 0) is 49.9 Å². The minimum Gasteiger partial charge on any atom is -0.254 e. The highest BCUT2D eigenvalue weighted by Gasteiger charge is 2.29. The summed E-state index contributed by atoms with van der Waals surface area (Å²) in [5.41, 5.74) is 8.96. The van der Waals surface area contributed by atoms with E-state index in [0.717, 1.165) is 40.4 Å². The second kappa shape index (κ2) is 8.53. The average Bonchev–Trinajstić information content (AvgIpc) is 3.35. The maximum Gasteiger partial charge on any atom is 0.191 e. The lowest BCUT2D eigenvalue weighted by molar-refractivity contribution is 0.410. The van der Waals surface area contributed by atoms with E-state index >= 15 is 0 Å². The lowest BCUT2D eigenvalue weighted by Crippen LogP contribution is -2.30. The van der Waals surface area contributed by atoms with E-state index in [9.17, 15) is 4.39 Å². The number of aryl methyl sites for hydroxylation is 1. The number of para-hydroxylation sites is 1. The zero-order chi connectivity index (χ0) is 21.4. The lowest BCUT2D eigenvalue weighted by atomic mass is 9.91. The molecule has 0 radical (unpaired) electrons. The first-order valence-electron chi connectivity index (χ1n) is 10.6. The van der Waals surface area contributed by atoms with Gasteiger partial charge in [-0.15, -0.1) is 5.10 Å². The number of benzene rings is 2. The van der Waals surface area contributed by atoms with E-state index in [1.165, 1.54) is 17.8 Å². The van der Waals surface area contributed by atoms with Crippen molar-refractivity contribution in [2.75, 3.05) is 0 Å². The molecule has 2 aromatic carbocycles. The molecule has 1 saturated heterocycles. The fraction of sp³-hybridized carbons (Fsp3) is 0.348. The monoisotopic (exact) mass is 436 g/mol. The van der Waals surface area contributed by atoms with E-state index < -0.39 is 0 Å². The summed E-state index contributed by atoms with van der Waals surface area (Å²) < 4.78 is 15.9. The van der Waals surface area contributed by atoms with Crippen molar-refractivity contribution in [3.05, 3.63) is 65.7 Å². The Morgan fingerprint density at radius 3 is 2.55 bits per heavy atom. The van der Waals surface area contributed by atoms with Crippen LogP contribution in [0.4, 0.5) is 4.39 Å². The highest BCUT2D eigenvalue weighted by molar-refractivity contribution is 7.98. The van der Waals surface area contributed by atoms with Crippen molar-refractivity contribution in [1.82, 2.24) is 30.4 Å². The Bertz CT molecular complexity index is 1220. The molecular formula is C23H25FN6S. The Balaban J connectivity index is 1.47. The Morgan fingerprint density at radius 2 is 1.74 bits per heavy atom. The molecule has 0 amide bonds. The fourth-order valence-corrected chi connectivity index (χ4v) is 5.17. The molecule has 0 saturated carbocycles. The minimum absolute atomic E-state index is 0.201. The molecule has 1 aliphatic heterocycles. The number of thioether (sulfide) groups is 1. The van der Waals surface area contributed by atoms with Crippen LogP contribution in [0, 0.1) is 11.7 Å². The van der Waals surface area contributed by atoms with Crippen molar-refractivity contribution >= 4 is 28.3 Å². The smallest absolute Gasteiger partial charge is 0.191 e. The first-order valence-corrected chi connectivity index (χ1v) is 11.6. The molecule has 6 nitrogen and oxygen atoms in total. The molecular weight excluding hydrogens is 411 g/mol. The first kappa shape index (κ1) is 20.4. The van der Waals surface area contributed by atoms with Crippen molar-refractivity contribution in [2.45, 2.75) is 49.7 Å². The summed E-state index contributed by atoms with van der Waals surface area (Å²) in [5.74, 6) is 1.62. The molecule has 2 atom stereocenters. The van der Waals surface area contributed by atoms with Crippen LogP contribution >= 0.6 is 11.8 Å². The van der Waals surface area contributed by atoms with E-state index in [2.05, 4.69) is 24.7 Å². The third-order valence-corrected chi connectivity index (χ3v) is 7.01. The molecule has 1 aliphatic rings. The van der Waals surface area contributed by atoms with Gasteiger partial charge in [0.25, 0.3) is 0 Å². The van der Waals surface area contributed by atoms with Crippen molar-refractivity contribution in [2.24, 2.45) is 5.92 Å². The van der Waals surface area contributed by atoms with Crippen molar-refractivity contribution in [1.29, 1.82) is 0 Å². The van der Waals surface area contributed by atoms with E-state index in [0.29, 0.717) is 29.3 Å². The summed E-state index contributed by atoms with van der Waals surface area (Å²) in [5, 5.41) is 6.49. The number of halogens is 1. The van der Waals surface area contributed by atoms with E-state index in [1.54, 1.807) is 12.1 Å². The summed E-state index contributed by atoms with van der Waals surface area (Å²) in [6.45, 7) is 4.40. The van der Waals surface area contributed by atoms with Crippen LogP contribution in [-0.2, 0) is 12.2 Å². The van der Waals surface area contributed by atoms with Gasteiger partial charge in [-0.3, -0.25) is 10.9 Å². The summed E-state index contributed by atoms with van der Waals surface area (Å²) in [6, 6.07) is 15.7. The van der Waals surface area contributed by atoms with Crippen molar-refractivity contribution in [3.8, 4) is 0 Å². The molecule has 2 aromatic heterocycles. The number of nitrogens with one attached hydrogen (secondary N) is 2. The zero-order valence-corrected chi connectivity index (χ0v) is 18.4. The number of fused-ring (bicyclic) bond motifs is 3. The van der Waals surface area contributed by atoms with Crippen LogP contribution in [0.5, 0.6) is 0 Å². The summed E-state index contributed by atoms with van der Waals surface area (Å²) in [7, 11) is 0. The van der Waals surface area contributed by atoms with Gasteiger partial charge >= 0.3 is 0 Å². The molecule has 2 N–H and O–H groups in total. The number of aromatic nitrogens is 4. The molecule has 5 rings (SSSR count). The molecule has 1 fully saturated rings. The maximum atomic E-state index is 14.1. The van der Waals surface area contributed by atoms with E-state index in [-0.39, 0.29) is 5.82 Å². The predicted molar refractivity (Wildman–Crippen MR) is 121 cm³/mol. The summed E-state index contributed by atoms with van der Waals surface area (Å²) >= 11 is 1.48. The van der Waals surface area contributed by atoms with Crippen LogP contribution in [0.1, 0.15) is 31.7 Å². The standard InChI is InChI=1S/C23H25FN6S/c1-14-17(15(2)28-27-14)11-12-21-26-22-18-8-4-6-10-20(18)25-23(30(22)29-21)31-13-16-7-3-5-9-19(16)24/h3-10,14-15,17,27-28H,11-13H2,1-2H3. The van der Waals surface area contributed by atoms with Gasteiger partial charge in [0.05, 0.1) is 5.52 Å². The first-order chi connectivity index (χ1) is 15.1. The van der Waals surface area contributed by atoms with Gasteiger partial charge in [-0.2, -0.15) is 4.52 Å².